The van der Waals surface area contributed by atoms with E-state index >= 15 is 0 Å². The first-order chi connectivity index (χ1) is 25.1. The van der Waals surface area contributed by atoms with Gasteiger partial charge in [-0.15, -0.1) is 0 Å². The zero-order valence-corrected chi connectivity index (χ0v) is 28.3. The van der Waals surface area contributed by atoms with Crippen LogP contribution < -0.4 is 38.1 Å². The Morgan fingerprint density at radius 3 is 2.00 bits per heavy atom. The van der Waals surface area contributed by atoms with Gasteiger partial charge in [-0.2, -0.15) is 13.2 Å². The molecule has 1 heterocycles. The van der Waals surface area contributed by atoms with E-state index in [0.717, 1.165) is 12.1 Å². The number of aromatic hydroxyl groups is 1. The van der Waals surface area contributed by atoms with E-state index in [1.54, 1.807) is 30.3 Å². The Morgan fingerprint density at radius 2 is 1.40 bits per heavy atom. The van der Waals surface area contributed by atoms with Crippen LogP contribution in [0.4, 0.5) is 13.2 Å². The molecular formula is C36H40F3N7O7. The highest BCUT2D eigenvalue weighted by Gasteiger charge is 2.35. The molecule has 0 unspecified atom stereocenters. The van der Waals surface area contributed by atoms with Gasteiger partial charge in [0.25, 0.3) is 0 Å². The van der Waals surface area contributed by atoms with Gasteiger partial charge < -0.3 is 43.2 Å². The second kappa shape index (κ2) is 18.0. The second-order valence-corrected chi connectivity index (χ2v) is 12.5. The summed E-state index contributed by atoms with van der Waals surface area (Å²) < 4.78 is 40.1. The highest BCUT2D eigenvalue weighted by Crippen LogP contribution is 2.30. The summed E-state index contributed by atoms with van der Waals surface area (Å²) in [5, 5.41) is 22.2. The Bertz CT molecular complexity index is 1770. The molecule has 4 rings (SSSR count). The summed E-state index contributed by atoms with van der Waals surface area (Å²) >= 11 is 0. The molecule has 0 aliphatic carbocycles. The number of alkyl halides is 3. The minimum Gasteiger partial charge on any atom is -0.508 e. The van der Waals surface area contributed by atoms with Crippen molar-refractivity contribution in [2.24, 2.45) is 11.5 Å². The van der Waals surface area contributed by atoms with Crippen molar-refractivity contribution < 1.29 is 47.0 Å². The summed E-state index contributed by atoms with van der Waals surface area (Å²) in [5.74, 6) is -5.26. The average Bonchev–Trinajstić information content (AvgIpc) is 3.12. The van der Waals surface area contributed by atoms with Gasteiger partial charge in [-0.05, 0) is 66.6 Å². The molecule has 0 radical (unpaired) electrons. The van der Waals surface area contributed by atoms with Crippen molar-refractivity contribution in [3.8, 4) is 5.75 Å². The number of hydrogen-bond acceptors (Lipinski definition) is 8. The van der Waals surface area contributed by atoms with E-state index in [9.17, 15) is 47.0 Å². The second-order valence-electron chi connectivity index (χ2n) is 12.5. The smallest absolute Gasteiger partial charge is 0.416 e. The van der Waals surface area contributed by atoms with Crippen LogP contribution in [0.25, 0.3) is 0 Å². The molecule has 0 spiro atoms. The number of nitrogens with one attached hydrogen (secondary N) is 5. The number of hydrogen-bond donors (Lipinski definition) is 8. The SMILES string of the molecule is NC(=O)[C@@H]1CC(=O)NCCCC[C@@H](NC(=O)[C@@H](N)Cc2ccc(O)cc2)C(=O)N[C@@H](c2ccccc2)C(=O)N[C@@H](c2ccc(C(F)(F)F)cc2)C(=O)N1. The van der Waals surface area contributed by atoms with Gasteiger partial charge in [-0.25, -0.2) is 0 Å². The van der Waals surface area contributed by atoms with Gasteiger partial charge in [0, 0.05) is 6.54 Å². The van der Waals surface area contributed by atoms with Crippen molar-refractivity contribution in [3.63, 3.8) is 0 Å². The summed E-state index contributed by atoms with van der Waals surface area (Å²) in [6.45, 7) is 0.0851. The molecule has 10 N–H and O–H groups in total. The van der Waals surface area contributed by atoms with Crippen molar-refractivity contribution in [1.82, 2.24) is 26.6 Å². The lowest BCUT2D eigenvalue weighted by Gasteiger charge is -2.27. The molecule has 1 aliphatic rings. The molecule has 0 saturated carbocycles. The molecule has 5 atom stereocenters. The predicted molar refractivity (Wildman–Crippen MR) is 184 cm³/mol. The van der Waals surface area contributed by atoms with E-state index in [1.165, 1.54) is 24.3 Å². The molecule has 3 aromatic carbocycles. The van der Waals surface area contributed by atoms with Gasteiger partial charge in [-0.1, -0.05) is 54.6 Å². The van der Waals surface area contributed by atoms with Crippen LogP contribution in [0.1, 0.15) is 60.0 Å². The quantitative estimate of drug-likeness (QED) is 0.175. The van der Waals surface area contributed by atoms with Crippen LogP contribution >= 0.6 is 0 Å². The van der Waals surface area contributed by atoms with Crippen LogP contribution in [0, 0.1) is 0 Å². The average molecular weight is 740 g/mol. The standard InChI is InChI=1S/C36H40F3N7O7/c37-36(38,39)23-13-11-22(12-14-23)30-34(52)44-27(31(41)49)19-28(48)42-17-5-4-8-26(43-32(50)25(40)18-20-9-15-24(47)16-10-20)33(51)45-29(35(53)46-30)21-6-2-1-3-7-21/h1-3,6-7,9-16,25-27,29-30,47H,4-5,8,17-19,40H2,(H2,41,49)(H,42,48)(H,43,50)(H,44,52)(H,45,51)(H,46,53)/t25-,26+,27-,29-,30-/m0/s1. The summed E-state index contributed by atoms with van der Waals surface area (Å²) in [6.07, 6.45) is -4.57. The van der Waals surface area contributed by atoms with E-state index in [1.807, 2.05) is 0 Å². The van der Waals surface area contributed by atoms with Crippen molar-refractivity contribution in [1.29, 1.82) is 0 Å². The molecule has 53 heavy (non-hydrogen) atoms. The maximum absolute atomic E-state index is 14.0. The van der Waals surface area contributed by atoms with Crippen molar-refractivity contribution >= 4 is 35.4 Å². The molecule has 14 nitrogen and oxygen atoms in total. The Hall–Kier alpha value is -5.97. The van der Waals surface area contributed by atoms with Crippen molar-refractivity contribution in [2.75, 3.05) is 6.54 Å². The summed E-state index contributed by atoms with van der Waals surface area (Å²) in [5.41, 5.74) is 11.4. The summed E-state index contributed by atoms with van der Waals surface area (Å²) in [4.78, 5) is 79.8. The van der Waals surface area contributed by atoms with Crippen LogP contribution in [0.15, 0.2) is 78.9 Å². The Morgan fingerprint density at radius 1 is 0.811 bits per heavy atom. The predicted octanol–water partition coefficient (Wildman–Crippen LogP) is 1.14. The number of benzene rings is 3. The van der Waals surface area contributed by atoms with Crippen LogP contribution in [-0.4, -0.2) is 65.2 Å². The number of primary amides is 1. The van der Waals surface area contributed by atoms with Gasteiger partial charge >= 0.3 is 6.18 Å². The normalized spacial score (nSPS) is 21.5. The number of phenolic OH excluding ortho intramolecular Hbond substituents is 1. The van der Waals surface area contributed by atoms with Crippen LogP contribution in [0.3, 0.4) is 0 Å². The molecule has 1 fully saturated rings. The Labute approximate surface area is 302 Å². The van der Waals surface area contributed by atoms with E-state index in [2.05, 4.69) is 26.6 Å². The molecule has 17 heteroatoms. The number of amides is 6. The molecular weight excluding hydrogens is 699 g/mol. The highest BCUT2D eigenvalue weighted by atomic mass is 19.4. The van der Waals surface area contributed by atoms with E-state index < -0.39 is 83.8 Å². The number of nitrogens with two attached hydrogens (primary N) is 2. The molecule has 1 aliphatic heterocycles. The lowest BCUT2D eigenvalue weighted by atomic mass is 10.00. The first kappa shape index (κ1) is 39.8. The maximum Gasteiger partial charge on any atom is 0.416 e. The fourth-order valence-corrected chi connectivity index (χ4v) is 5.54. The molecule has 0 bridgehead atoms. The van der Waals surface area contributed by atoms with Gasteiger partial charge in [0.1, 0.15) is 29.9 Å². The number of carbonyl (C=O) groups is 6. The zero-order valence-electron chi connectivity index (χ0n) is 28.3. The lowest BCUT2D eigenvalue weighted by Crippen LogP contribution is -2.54. The minimum absolute atomic E-state index is 0.0253. The maximum atomic E-state index is 14.0. The van der Waals surface area contributed by atoms with Crippen molar-refractivity contribution in [3.05, 3.63) is 101 Å². The first-order valence-corrected chi connectivity index (χ1v) is 16.7. The monoisotopic (exact) mass is 739 g/mol. The fraction of sp³-hybridized carbons (Fsp3) is 0.333. The largest absolute Gasteiger partial charge is 0.508 e. The summed E-state index contributed by atoms with van der Waals surface area (Å²) in [7, 11) is 0. The zero-order chi connectivity index (χ0) is 38.7. The Balaban J connectivity index is 1.68. The summed E-state index contributed by atoms with van der Waals surface area (Å²) in [6, 6.07) is 10.1. The van der Waals surface area contributed by atoms with Gasteiger partial charge in [-0.3, -0.25) is 28.8 Å². The number of carbonyl (C=O) groups excluding carboxylic acids is 6. The molecule has 0 aromatic heterocycles. The topological polar surface area (TPSA) is 235 Å². The molecule has 282 valence electrons. The van der Waals surface area contributed by atoms with E-state index in [-0.39, 0.29) is 36.3 Å². The fourth-order valence-electron chi connectivity index (χ4n) is 5.54. The number of phenols is 1. The lowest BCUT2D eigenvalue weighted by molar-refractivity contribution is -0.137. The van der Waals surface area contributed by atoms with E-state index in [4.69, 9.17) is 11.5 Å². The minimum atomic E-state index is -4.71. The molecule has 6 amide bonds. The Kier molecular flexibility index (Phi) is 13.5. The van der Waals surface area contributed by atoms with Crippen LogP contribution in [0.5, 0.6) is 5.75 Å². The van der Waals surface area contributed by atoms with Crippen LogP contribution in [0.2, 0.25) is 0 Å². The third kappa shape index (κ3) is 11.5. The third-order valence-electron chi connectivity index (χ3n) is 8.45. The molecule has 3 aromatic rings. The van der Waals surface area contributed by atoms with Crippen molar-refractivity contribution in [2.45, 2.75) is 68.5 Å². The molecule has 1 saturated heterocycles. The first-order valence-electron chi connectivity index (χ1n) is 16.7. The van der Waals surface area contributed by atoms with E-state index in [0.29, 0.717) is 30.5 Å². The third-order valence-corrected chi connectivity index (χ3v) is 8.45. The number of halogens is 3. The van der Waals surface area contributed by atoms with Gasteiger partial charge in [0.05, 0.1) is 18.0 Å². The highest BCUT2D eigenvalue weighted by molar-refractivity contribution is 5.97. The van der Waals surface area contributed by atoms with Crippen LogP contribution in [-0.2, 0) is 41.4 Å². The number of rotatable bonds is 7. The van der Waals surface area contributed by atoms with Gasteiger partial charge in [0.2, 0.25) is 35.4 Å². The van der Waals surface area contributed by atoms with Gasteiger partial charge in [0.15, 0.2) is 0 Å².